The van der Waals surface area contributed by atoms with Crippen LogP contribution in [-0.4, -0.2) is 19.2 Å². The van der Waals surface area contributed by atoms with Crippen molar-refractivity contribution in [2.24, 2.45) is 5.92 Å². The zero-order valence-corrected chi connectivity index (χ0v) is 13.9. The molecule has 1 N–H and O–H groups in total. The molecule has 0 heterocycles. The van der Waals surface area contributed by atoms with Crippen LogP contribution in [0.15, 0.2) is 24.3 Å². The Bertz CT molecular complexity index is 393. The summed E-state index contributed by atoms with van der Waals surface area (Å²) in [6.07, 6.45) is 5.67. The Morgan fingerprint density at radius 1 is 1.05 bits per heavy atom. The van der Waals surface area contributed by atoms with Crippen molar-refractivity contribution in [1.82, 2.24) is 5.32 Å². The van der Waals surface area contributed by atoms with Gasteiger partial charge in [-0.2, -0.15) is 0 Å². The highest BCUT2D eigenvalue weighted by atomic mass is 16.5. The second-order valence-electron chi connectivity index (χ2n) is 6.91. The average molecular weight is 289 g/mol. The zero-order chi connectivity index (χ0) is 15.1. The average Bonchev–Trinajstić information content (AvgIpc) is 2.98. The molecule has 0 bridgehead atoms. The fourth-order valence-corrected chi connectivity index (χ4v) is 2.92. The summed E-state index contributed by atoms with van der Waals surface area (Å²) in [4.78, 5) is 0. The van der Waals surface area contributed by atoms with E-state index in [1.807, 2.05) is 0 Å². The van der Waals surface area contributed by atoms with Gasteiger partial charge in [-0.15, -0.1) is 0 Å². The number of benzene rings is 1. The minimum Gasteiger partial charge on any atom is -0.374 e. The third-order valence-corrected chi connectivity index (χ3v) is 4.34. The molecule has 1 saturated carbocycles. The Kier molecular flexibility index (Phi) is 6.72. The molecule has 1 unspecified atom stereocenters. The van der Waals surface area contributed by atoms with E-state index in [9.17, 15) is 0 Å². The van der Waals surface area contributed by atoms with Crippen molar-refractivity contribution in [3.63, 3.8) is 0 Å². The molecular weight excluding hydrogens is 258 g/mol. The summed E-state index contributed by atoms with van der Waals surface area (Å²) in [5.74, 6) is 1.28. The van der Waals surface area contributed by atoms with Gasteiger partial charge in [0.25, 0.3) is 0 Å². The molecule has 1 aliphatic carbocycles. The minimum atomic E-state index is 0.504. The smallest absolute Gasteiger partial charge is 0.0720 e. The van der Waals surface area contributed by atoms with Crippen molar-refractivity contribution in [2.45, 2.75) is 65.1 Å². The summed E-state index contributed by atoms with van der Waals surface area (Å²) in [6.45, 7) is 9.70. The van der Waals surface area contributed by atoms with Gasteiger partial charge in [0.1, 0.15) is 0 Å². The largest absolute Gasteiger partial charge is 0.374 e. The second-order valence-corrected chi connectivity index (χ2v) is 6.91. The van der Waals surface area contributed by atoms with E-state index < -0.39 is 0 Å². The van der Waals surface area contributed by atoms with Crippen molar-refractivity contribution in [2.75, 3.05) is 13.1 Å². The van der Waals surface area contributed by atoms with Crippen LogP contribution in [0.3, 0.4) is 0 Å². The van der Waals surface area contributed by atoms with E-state index in [1.54, 1.807) is 0 Å². The number of nitrogens with one attached hydrogen (secondary N) is 1. The number of hydrogen-bond donors (Lipinski definition) is 1. The summed E-state index contributed by atoms with van der Waals surface area (Å²) in [5.41, 5.74) is 2.71. The van der Waals surface area contributed by atoms with Gasteiger partial charge in [-0.25, -0.2) is 0 Å². The summed E-state index contributed by atoms with van der Waals surface area (Å²) in [5, 5.41) is 3.54. The van der Waals surface area contributed by atoms with E-state index in [0.29, 0.717) is 17.9 Å². The monoisotopic (exact) mass is 289 g/mol. The molecule has 1 aromatic rings. The van der Waals surface area contributed by atoms with Crippen LogP contribution in [0.2, 0.25) is 0 Å². The van der Waals surface area contributed by atoms with E-state index in [2.05, 4.69) is 50.4 Å². The molecule has 1 fully saturated rings. The highest BCUT2D eigenvalue weighted by Crippen LogP contribution is 2.22. The van der Waals surface area contributed by atoms with Crippen molar-refractivity contribution in [3.8, 4) is 0 Å². The van der Waals surface area contributed by atoms with Gasteiger partial charge in [0, 0.05) is 6.54 Å². The quantitative estimate of drug-likeness (QED) is 0.761. The van der Waals surface area contributed by atoms with E-state index >= 15 is 0 Å². The van der Waals surface area contributed by atoms with Gasteiger partial charge in [0.15, 0.2) is 0 Å². The molecule has 1 aromatic carbocycles. The zero-order valence-electron chi connectivity index (χ0n) is 13.9. The molecule has 118 valence electrons. The second kappa shape index (κ2) is 8.55. The molecule has 0 aromatic heterocycles. The van der Waals surface area contributed by atoms with Crippen LogP contribution in [0.4, 0.5) is 0 Å². The lowest BCUT2D eigenvalue weighted by Gasteiger charge is -2.15. The summed E-state index contributed by atoms with van der Waals surface area (Å²) >= 11 is 0. The molecule has 1 atom stereocenters. The number of hydrogen-bond acceptors (Lipinski definition) is 2. The van der Waals surface area contributed by atoms with Gasteiger partial charge in [0.2, 0.25) is 0 Å². The molecule has 0 saturated heterocycles. The van der Waals surface area contributed by atoms with Gasteiger partial charge in [-0.05, 0) is 42.3 Å². The molecular formula is C19H31NO. The molecule has 0 amide bonds. The van der Waals surface area contributed by atoms with E-state index in [4.69, 9.17) is 4.74 Å². The van der Waals surface area contributed by atoms with Crippen LogP contribution >= 0.6 is 0 Å². The molecule has 2 rings (SSSR count). The van der Waals surface area contributed by atoms with Gasteiger partial charge in [-0.3, -0.25) is 0 Å². The van der Waals surface area contributed by atoms with Crippen molar-refractivity contribution in [1.29, 1.82) is 0 Å². The Morgan fingerprint density at radius 3 is 2.33 bits per heavy atom. The first-order valence-electron chi connectivity index (χ1n) is 8.56. The first kappa shape index (κ1) is 16.5. The Balaban J connectivity index is 1.74. The standard InChI is InChI=1S/C19H31NO/c1-15(2)12-20-13-16(3)18-10-8-17(9-11-18)14-21-19-6-4-5-7-19/h8-11,15-16,19-20H,4-7,12-14H2,1-3H3. The Morgan fingerprint density at radius 2 is 1.71 bits per heavy atom. The summed E-state index contributed by atoms with van der Waals surface area (Å²) in [6, 6.07) is 8.97. The number of rotatable bonds is 8. The van der Waals surface area contributed by atoms with E-state index in [0.717, 1.165) is 19.7 Å². The highest BCUT2D eigenvalue weighted by molar-refractivity contribution is 5.25. The van der Waals surface area contributed by atoms with Crippen molar-refractivity contribution >= 4 is 0 Å². The molecule has 1 aliphatic rings. The van der Waals surface area contributed by atoms with Crippen LogP contribution in [0, 0.1) is 5.92 Å². The fraction of sp³-hybridized carbons (Fsp3) is 0.684. The summed E-state index contributed by atoms with van der Waals surface area (Å²) < 4.78 is 5.97. The highest BCUT2D eigenvalue weighted by Gasteiger charge is 2.15. The third-order valence-electron chi connectivity index (χ3n) is 4.34. The first-order chi connectivity index (χ1) is 10.1. The van der Waals surface area contributed by atoms with Crippen LogP contribution in [0.1, 0.15) is 63.5 Å². The fourth-order valence-electron chi connectivity index (χ4n) is 2.92. The maximum absolute atomic E-state index is 5.97. The van der Waals surface area contributed by atoms with Crippen LogP contribution < -0.4 is 5.32 Å². The van der Waals surface area contributed by atoms with Crippen molar-refractivity contribution < 1.29 is 4.74 Å². The van der Waals surface area contributed by atoms with Gasteiger partial charge in [0.05, 0.1) is 12.7 Å². The lowest BCUT2D eigenvalue weighted by molar-refractivity contribution is 0.0457. The van der Waals surface area contributed by atoms with Crippen molar-refractivity contribution in [3.05, 3.63) is 35.4 Å². The maximum atomic E-state index is 5.97. The van der Waals surface area contributed by atoms with Crippen LogP contribution in [0.5, 0.6) is 0 Å². The predicted molar refractivity (Wildman–Crippen MR) is 89.6 cm³/mol. The van der Waals surface area contributed by atoms with Gasteiger partial charge < -0.3 is 10.1 Å². The molecule has 2 nitrogen and oxygen atoms in total. The lowest BCUT2D eigenvalue weighted by atomic mass is 9.99. The van der Waals surface area contributed by atoms with Crippen LogP contribution in [0.25, 0.3) is 0 Å². The number of ether oxygens (including phenoxy) is 1. The molecule has 21 heavy (non-hydrogen) atoms. The summed E-state index contributed by atoms with van der Waals surface area (Å²) in [7, 11) is 0. The van der Waals surface area contributed by atoms with Gasteiger partial charge in [-0.1, -0.05) is 57.9 Å². The maximum Gasteiger partial charge on any atom is 0.0720 e. The lowest BCUT2D eigenvalue weighted by Crippen LogP contribution is -2.24. The molecule has 0 aliphatic heterocycles. The van der Waals surface area contributed by atoms with Gasteiger partial charge >= 0.3 is 0 Å². The molecule has 0 spiro atoms. The normalized spacial score (nSPS) is 17.5. The topological polar surface area (TPSA) is 21.3 Å². The van der Waals surface area contributed by atoms with E-state index in [-0.39, 0.29) is 0 Å². The van der Waals surface area contributed by atoms with E-state index in [1.165, 1.54) is 36.8 Å². The minimum absolute atomic E-state index is 0.504. The SMILES string of the molecule is CC(C)CNCC(C)c1ccc(COC2CCCC2)cc1. The predicted octanol–water partition coefficient (Wildman–Crippen LogP) is 4.49. The van der Waals surface area contributed by atoms with Crippen LogP contribution in [-0.2, 0) is 11.3 Å². The Hall–Kier alpha value is -0.860. The molecule has 0 radical (unpaired) electrons. The Labute approximate surface area is 130 Å². The third kappa shape index (κ3) is 5.80. The molecule has 2 heteroatoms. The first-order valence-corrected chi connectivity index (χ1v) is 8.56.